The molecule has 132 valence electrons. The van der Waals surface area contributed by atoms with Crippen molar-refractivity contribution < 1.29 is 9.53 Å². The molecule has 1 aliphatic rings. The fourth-order valence-electron chi connectivity index (χ4n) is 3.08. The molecular formula is C20H25N3O2. The molecule has 1 aromatic carbocycles. The number of nitrogens with zero attached hydrogens (tertiary/aromatic N) is 3. The van der Waals surface area contributed by atoms with E-state index in [9.17, 15) is 4.79 Å². The van der Waals surface area contributed by atoms with Gasteiger partial charge in [-0.3, -0.25) is 14.7 Å². The summed E-state index contributed by atoms with van der Waals surface area (Å²) in [5.74, 6) is 0.674. The molecule has 2 aromatic rings. The van der Waals surface area contributed by atoms with Crippen LogP contribution in [0.25, 0.3) is 0 Å². The highest BCUT2D eigenvalue weighted by Crippen LogP contribution is 2.13. The number of ether oxygens (including phenoxy) is 1. The molecule has 0 aliphatic carbocycles. The van der Waals surface area contributed by atoms with E-state index in [2.05, 4.69) is 41.1 Å². The van der Waals surface area contributed by atoms with Crippen molar-refractivity contribution in [2.45, 2.75) is 19.9 Å². The van der Waals surface area contributed by atoms with Crippen molar-refractivity contribution in [1.82, 2.24) is 14.8 Å². The van der Waals surface area contributed by atoms with Crippen LogP contribution in [-0.4, -0.2) is 53.5 Å². The van der Waals surface area contributed by atoms with Crippen molar-refractivity contribution in [1.29, 1.82) is 0 Å². The van der Waals surface area contributed by atoms with Crippen LogP contribution in [0.15, 0.2) is 48.8 Å². The number of rotatable bonds is 5. The van der Waals surface area contributed by atoms with Gasteiger partial charge < -0.3 is 9.64 Å². The van der Waals surface area contributed by atoms with Crippen LogP contribution in [0.4, 0.5) is 0 Å². The highest BCUT2D eigenvalue weighted by molar-refractivity contribution is 5.77. The first kappa shape index (κ1) is 17.4. The van der Waals surface area contributed by atoms with Gasteiger partial charge in [0.25, 0.3) is 5.91 Å². The standard InChI is InChI=1S/C20H25N3O2/c1-17-6-2-3-7-18(17)15-22-10-5-11-23(13-12-22)20(24)16-25-19-8-4-9-21-14-19/h2-4,6-9,14H,5,10-13,15-16H2,1H3. The lowest BCUT2D eigenvalue weighted by molar-refractivity contribution is -0.133. The molecule has 25 heavy (non-hydrogen) atoms. The molecular weight excluding hydrogens is 314 g/mol. The van der Waals surface area contributed by atoms with E-state index in [4.69, 9.17) is 4.74 Å². The average Bonchev–Trinajstić information content (AvgIpc) is 2.88. The van der Waals surface area contributed by atoms with E-state index in [1.54, 1.807) is 18.5 Å². The number of amides is 1. The number of benzene rings is 1. The van der Waals surface area contributed by atoms with Crippen LogP contribution in [-0.2, 0) is 11.3 Å². The molecule has 2 heterocycles. The van der Waals surface area contributed by atoms with E-state index in [-0.39, 0.29) is 12.5 Å². The summed E-state index contributed by atoms with van der Waals surface area (Å²) in [6.45, 7) is 6.62. The monoisotopic (exact) mass is 339 g/mol. The lowest BCUT2D eigenvalue weighted by Crippen LogP contribution is -2.38. The Hall–Kier alpha value is -2.40. The zero-order valence-corrected chi connectivity index (χ0v) is 14.7. The SMILES string of the molecule is Cc1ccccc1CN1CCCN(C(=O)COc2cccnc2)CC1. The Bertz CT molecular complexity index is 690. The van der Waals surface area contributed by atoms with Crippen molar-refractivity contribution in [3.05, 3.63) is 59.9 Å². The van der Waals surface area contributed by atoms with Crippen molar-refractivity contribution in [2.24, 2.45) is 0 Å². The number of pyridine rings is 1. The summed E-state index contributed by atoms with van der Waals surface area (Å²) in [4.78, 5) is 20.7. The van der Waals surface area contributed by atoms with E-state index >= 15 is 0 Å². The summed E-state index contributed by atoms with van der Waals surface area (Å²) in [6, 6.07) is 12.1. The van der Waals surface area contributed by atoms with E-state index in [1.165, 1.54) is 11.1 Å². The average molecular weight is 339 g/mol. The lowest BCUT2D eigenvalue weighted by Gasteiger charge is -2.22. The molecule has 3 rings (SSSR count). The second-order valence-electron chi connectivity index (χ2n) is 6.41. The lowest BCUT2D eigenvalue weighted by atomic mass is 10.1. The molecule has 0 unspecified atom stereocenters. The first-order chi connectivity index (χ1) is 12.2. The second kappa shape index (κ2) is 8.62. The molecule has 0 saturated carbocycles. The molecule has 1 aliphatic heterocycles. The van der Waals surface area contributed by atoms with Crippen molar-refractivity contribution >= 4 is 5.91 Å². The van der Waals surface area contributed by atoms with Gasteiger partial charge in [-0.2, -0.15) is 0 Å². The van der Waals surface area contributed by atoms with Crippen LogP contribution in [0.3, 0.4) is 0 Å². The summed E-state index contributed by atoms with van der Waals surface area (Å²) >= 11 is 0. The first-order valence-electron chi connectivity index (χ1n) is 8.80. The third-order valence-electron chi connectivity index (χ3n) is 4.59. The Morgan fingerprint density at radius 2 is 2.00 bits per heavy atom. The van der Waals surface area contributed by atoms with Gasteiger partial charge in [-0.05, 0) is 36.6 Å². The summed E-state index contributed by atoms with van der Waals surface area (Å²) in [7, 11) is 0. The summed E-state index contributed by atoms with van der Waals surface area (Å²) < 4.78 is 5.53. The van der Waals surface area contributed by atoms with Gasteiger partial charge in [0.15, 0.2) is 6.61 Å². The Morgan fingerprint density at radius 1 is 1.12 bits per heavy atom. The summed E-state index contributed by atoms with van der Waals surface area (Å²) in [5.41, 5.74) is 2.69. The number of aryl methyl sites for hydroxylation is 1. The molecule has 1 saturated heterocycles. The Kier molecular flexibility index (Phi) is 6.01. The summed E-state index contributed by atoms with van der Waals surface area (Å²) in [5, 5.41) is 0. The highest BCUT2D eigenvalue weighted by Gasteiger charge is 2.19. The number of hydrogen-bond acceptors (Lipinski definition) is 4. The van der Waals surface area contributed by atoms with Gasteiger partial charge in [-0.25, -0.2) is 0 Å². The van der Waals surface area contributed by atoms with Crippen molar-refractivity contribution in [3.8, 4) is 5.75 Å². The Morgan fingerprint density at radius 3 is 2.80 bits per heavy atom. The molecule has 0 spiro atoms. The highest BCUT2D eigenvalue weighted by atomic mass is 16.5. The van der Waals surface area contributed by atoms with Crippen LogP contribution in [0, 0.1) is 6.92 Å². The molecule has 1 amide bonds. The normalized spacial score (nSPS) is 15.6. The number of carbonyl (C=O) groups excluding carboxylic acids is 1. The largest absolute Gasteiger partial charge is 0.482 e. The van der Waals surface area contributed by atoms with Crippen LogP contribution in [0.2, 0.25) is 0 Å². The maximum atomic E-state index is 12.4. The Labute approximate surface area is 149 Å². The number of aromatic nitrogens is 1. The second-order valence-corrected chi connectivity index (χ2v) is 6.41. The van der Waals surface area contributed by atoms with Gasteiger partial charge in [0, 0.05) is 38.9 Å². The van der Waals surface area contributed by atoms with Gasteiger partial charge >= 0.3 is 0 Å². The zero-order valence-electron chi connectivity index (χ0n) is 14.7. The molecule has 1 fully saturated rings. The minimum absolute atomic E-state index is 0.0431. The van der Waals surface area contributed by atoms with Gasteiger partial charge in [0.05, 0.1) is 6.20 Å². The molecule has 0 N–H and O–H groups in total. The quantitative estimate of drug-likeness (QED) is 0.840. The van der Waals surface area contributed by atoms with Gasteiger partial charge in [-0.15, -0.1) is 0 Å². The molecule has 5 heteroatoms. The molecule has 5 nitrogen and oxygen atoms in total. The Balaban J connectivity index is 1.49. The summed E-state index contributed by atoms with van der Waals surface area (Å²) in [6.07, 6.45) is 4.30. The van der Waals surface area contributed by atoms with Crippen LogP contribution in [0.5, 0.6) is 5.75 Å². The fraction of sp³-hybridized carbons (Fsp3) is 0.400. The smallest absolute Gasteiger partial charge is 0.260 e. The topological polar surface area (TPSA) is 45.7 Å². The molecule has 0 bridgehead atoms. The van der Waals surface area contributed by atoms with E-state index in [1.807, 2.05) is 11.0 Å². The fourth-order valence-corrected chi connectivity index (χ4v) is 3.08. The van der Waals surface area contributed by atoms with Crippen LogP contribution in [0.1, 0.15) is 17.5 Å². The third kappa shape index (κ3) is 5.03. The van der Waals surface area contributed by atoms with Gasteiger partial charge in [-0.1, -0.05) is 24.3 Å². The zero-order chi connectivity index (χ0) is 17.5. The molecule has 0 radical (unpaired) electrons. The van der Waals surface area contributed by atoms with Crippen LogP contribution < -0.4 is 4.74 Å². The third-order valence-corrected chi connectivity index (χ3v) is 4.59. The minimum atomic E-state index is 0.0431. The minimum Gasteiger partial charge on any atom is -0.482 e. The molecule has 1 aromatic heterocycles. The number of carbonyl (C=O) groups is 1. The maximum Gasteiger partial charge on any atom is 0.260 e. The van der Waals surface area contributed by atoms with E-state index < -0.39 is 0 Å². The predicted octanol–water partition coefficient (Wildman–Crippen LogP) is 2.50. The van der Waals surface area contributed by atoms with Gasteiger partial charge in [0.1, 0.15) is 5.75 Å². The molecule has 0 atom stereocenters. The number of hydrogen-bond donors (Lipinski definition) is 0. The van der Waals surface area contributed by atoms with Gasteiger partial charge in [0.2, 0.25) is 0 Å². The first-order valence-corrected chi connectivity index (χ1v) is 8.80. The van der Waals surface area contributed by atoms with Crippen molar-refractivity contribution in [2.75, 3.05) is 32.8 Å². The van der Waals surface area contributed by atoms with E-state index in [0.717, 1.165) is 39.1 Å². The maximum absolute atomic E-state index is 12.4. The van der Waals surface area contributed by atoms with E-state index in [0.29, 0.717) is 5.75 Å². The van der Waals surface area contributed by atoms with Crippen LogP contribution >= 0.6 is 0 Å². The van der Waals surface area contributed by atoms with Crippen molar-refractivity contribution in [3.63, 3.8) is 0 Å². The predicted molar refractivity (Wildman–Crippen MR) is 97.4 cm³/mol.